The molecule has 128 valence electrons. The lowest BCUT2D eigenvalue weighted by molar-refractivity contribution is -0.151. The van der Waals surface area contributed by atoms with E-state index >= 15 is 0 Å². The highest BCUT2D eigenvalue weighted by atomic mass is 16.5. The number of H-pyrrole nitrogens is 1. The van der Waals surface area contributed by atoms with Gasteiger partial charge in [-0.15, -0.1) is 0 Å². The van der Waals surface area contributed by atoms with Crippen LogP contribution in [0.5, 0.6) is 0 Å². The molecule has 4 rings (SSSR count). The van der Waals surface area contributed by atoms with Gasteiger partial charge in [-0.25, -0.2) is 9.67 Å². The molecule has 2 atom stereocenters. The largest absolute Gasteiger partial charge is 0.373 e. The van der Waals surface area contributed by atoms with Gasteiger partial charge in [0.15, 0.2) is 0 Å². The molecule has 0 radical (unpaired) electrons. The summed E-state index contributed by atoms with van der Waals surface area (Å²) in [6, 6.07) is 0.229. The first-order valence-corrected chi connectivity index (χ1v) is 8.42. The number of carbonyl (C=O) groups is 1. The number of hydrogen-bond donors (Lipinski definition) is 1. The molecule has 0 spiro atoms. The number of rotatable bonds is 3. The van der Waals surface area contributed by atoms with E-state index in [2.05, 4.69) is 20.3 Å². The van der Waals surface area contributed by atoms with Crippen LogP contribution in [0.3, 0.4) is 0 Å². The Morgan fingerprint density at radius 1 is 1.38 bits per heavy atom. The van der Waals surface area contributed by atoms with Gasteiger partial charge in [0.2, 0.25) is 5.91 Å². The zero-order valence-electron chi connectivity index (χ0n) is 14.0. The maximum absolute atomic E-state index is 12.9. The Hall–Kier alpha value is -2.22. The lowest BCUT2D eigenvalue weighted by Gasteiger charge is -2.43. The summed E-state index contributed by atoms with van der Waals surface area (Å²) in [5.41, 5.74) is 0.952. The van der Waals surface area contributed by atoms with E-state index in [0.717, 1.165) is 30.1 Å². The number of aryl methyl sites for hydroxylation is 2. The lowest BCUT2D eigenvalue weighted by Crippen LogP contribution is -2.54. The molecule has 2 aliphatic heterocycles. The second-order valence-electron chi connectivity index (χ2n) is 6.62. The number of amides is 1. The summed E-state index contributed by atoms with van der Waals surface area (Å²) in [4.78, 5) is 19.2. The van der Waals surface area contributed by atoms with Gasteiger partial charge in [0.1, 0.15) is 11.6 Å². The molecule has 1 amide bonds. The SMILES string of the molecule is Cc1nc(C)n(C2CN(C(=O)[C@@H]3CCCO[C@H]3c3cn[nH]c3)C2)n1. The number of aromatic nitrogens is 5. The number of ether oxygens (including phenoxy) is 1. The summed E-state index contributed by atoms with van der Waals surface area (Å²) in [6.07, 6.45) is 5.15. The lowest BCUT2D eigenvalue weighted by atomic mass is 9.88. The quantitative estimate of drug-likeness (QED) is 0.912. The third-order valence-electron chi connectivity index (χ3n) is 4.91. The van der Waals surface area contributed by atoms with Crippen LogP contribution in [0.2, 0.25) is 0 Å². The molecule has 2 fully saturated rings. The van der Waals surface area contributed by atoms with Crippen molar-refractivity contribution < 1.29 is 9.53 Å². The van der Waals surface area contributed by atoms with Gasteiger partial charge < -0.3 is 9.64 Å². The minimum Gasteiger partial charge on any atom is -0.373 e. The van der Waals surface area contributed by atoms with E-state index in [9.17, 15) is 4.79 Å². The van der Waals surface area contributed by atoms with E-state index in [1.807, 2.05) is 29.6 Å². The van der Waals surface area contributed by atoms with E-state index in [-0.39, 0.29) is 24.0 Å². The molecule has 2 aromatic rings. The van der Waals surface area contributed by atoms with E-state index in [4.69, 9.17) is 4.74 Å². The minimum absolute atomic E-state index is 0.129. The van der Waals surface area contributed by atoms with Crippen LogP contribution in [-0.4, -0.2) is 55.5 Å². The van der Waals surface area contributed by atoms with Crippen molar-refractivity contribution in [2.45, 2.75) is 38.8 Å². The zero-order valence-corrected chi connectivity index (χ0v) is 14.0. The first-order valence-electron chi connectivity index (χ1n) is 8.42. The average molecular weight is 330 g/mol. The Morgan fingerprint density at radius 2 is 2.21 bits per heavy atom. The summed E-state index contributed by atoms with van der Waals surface area (Å²) >= 11 is 0. The van der Waals surface area contributed by atoms with Crippen LogP contribution in [-0.2, 0) is 9.53 Å². The average Bonchev–Trinajstić information content (AvgIpc) is 3.16. The van der Waals surface area contributed by atoms with Gasteiger partial charge in [0.05, 0.1) is 24.3 Å². The van der Waals surface area contributed by atoms with Gasteiger partial charge in [-0.2, -0.15) is 10.2 Å². The van der Waals surface area contributed by atoms with Gasteiger partial charge in [0, 0.05) is 31.5 Å². The molecule has 0 aliphatic carbocycles. The van der Waals surface area contributed by atoms with E-state index < -0.39 is 0 Å². The van der Waals surface area contributed by atoms with Crippen molar-refractivity contribution in [2.24, 2.45) is 5.92 Å². The molecule has 0 aromatic carbocycles. The fraction of sp³-hybridized carbons (Fsp3) is 0.625. The standard InChI is InChI=1S/C16H22N6O2/c1-10-19-11(2)22(20-10)13-8-21(9-13)16(23)14-4-3-5-24-15(14)12-6-17-18-7-12/h6-7,13-15H,3-5,8-9H2,1-2H3,(H,17,18)/t14-,15+/m1/s1. The Morgan fingerprint density at radius 3 is 2.88 bits per heavy atom. The second kappa shape index (κ2) is 6.01. The normalized spacial score (nSPS) is 24.8. The fourth-order valence-corrected chi connectivity index (χ4v) is 3.69. The predicted molar refractivity (Wildman–Crippen MR) is 85.1 cm³/mol. The van der Waals surface area contributed by atoms with Crippen molar-refractivity contribution in [1.29, 1.82) is 0 Å². The molecule has 1 N–H and O–H groups in total. The van der Waals surface area contributed by atoms with Gasteiger partial charge in [-0.1, -0.05) is 0 Å². The van der Waals surface area contributed by atoms with Crippen LogP contribution in [0.25, 0.3) is 0 Å². The van der Waals surface area contributed by atoms with Crippen molar-refractivity contribution in [1.82, 2.24) is 29.9 Å². The number of aromatic amines is 1. The van der Waals surface area contributed by atoms with E-state index in [1.165, 1.54) is 0 Å². The van der Waals surface area contributed by atoms with Crippen LogP contribution in [0.1, 0.15) is 42.2 Å². The van der Waals surface area contributed by atoms with Gasteiger partial charge >= 0.3 is 0 Å². The Labute approximate surface area is 140 Å². The Kier molecular flexibility index (Phi) is 3.84. The summed E-state index contributed by atoms with van der Waals surface area (Å²) in [5, 5.41) is 11.2. The molecule has 8 heteroatoms. The van der Waals surface area contributed by atoms with Crippen molar-refractivity contribution >= 4 is 5.91 Å². The first-order chi connectivity index (χ1) is 11.6. The summed E-state index contributed by atoms with van der Waals surface area (Å²) in [5.74, 6) is 1.72. The van der Waals surface area contributed by atoms with Crippen LogP contribution in [0.15, 0.2) is 12.4 Å². The van der Waals surface area contributed by atoms with Crippen molar-refractivity contribution in [2.75, 3.05) is 19.7 Å². The molecule has 0 unspecified atom stereocenters. The molecule has 8 nitrogen and oxygen atoms in total. The van der Waals surface area contributed by atoms with Gasteiger partial charge in [-0.3, -0.25) is 9.89 Å². The van der Waals surface area contributed by atoms with E-state index in [0.29, 0.717) is 19.7 Å². The third kappa shape index (κ3) is 2.60. The maximum atomic E-state index is 12.9. The highest BCUT2D eigenvalue weighted by molar-refractivity contribution is 5.80. The first kappa shape index (κ1) is 15.3. The van der Waals surface area contributed by atoms with Crippen LogP contribution in [0, 0.1) is 19.8 Å². The van der Waals surface area contributed by atoms with Crippen molar-refractivity contribution in [3.63, 3.8) is 0 Å². The molecule has 2 aromatic heterocycles. The van der Waals surface area contributed by atoms with Gasteiger partial charge in [-0.05, 0) is 26.7 Å². The Balaban J connectivity index is 1.43. The number of carbonyl (C=O) groups excluding carboxylic acids is 1. The summed E-state index contributed by atoms with van der Waals surface area (Å²) in [7, 11) is 0. The Bertz CT molecular complexity index is 719. The zero-order chi connectivity index (χ0) is 16.7. The molecule has 4 heterocycles. The van der Waals surface area contributed by atoms with Gasteiger partial charge in [0.25, 0.3) is 0 Å². The summed E-state index contributed by atoms with van der Waals surface area (Å²) in [6.45, 7) is 5.92. The highest BCUT2D eigenvalue weighted by Gasteiger charge is 2.41. The third-order valence-corrected chi connectivity index (χ3v) is 4.91. The highest BCUT2D eigenvalue weighted by Crippen LogP contribution is 2.36. The topological polar surface area (TPSA) is 88.9 Å². The molecular formula is C16H22N6O2. The number of likely N-dealkylation sites (tertiary alicyclic amines) is 1. The summed E-state index contributed by atoms with van der Waals surface area (Å²) < 4.78 is 7.81. The molecule has 0 bridgehead atoms. The smallest absolute Gasteiger partial charge is 0.228 e. The monoisotopic (exact) mass is 330 g/mol. The fourth-order valence-electron chi connectivity index (χ4n) is 3.69. The number of hydrogen-bond acceptors (Lipinski definition) is 5. The maximum Gasteiger partial charge on any atom is 0.228 e. The van der Waals surface area contributed by atoms with Crippen molar-refractivity contribution in [3.8, 4) is 0 Å². The van der Waals surface area contributed by atoms with E-state index in [1.54, 1.807) is 6.20 Å². The molecule has 0 saturated carbocycles. The van der Waals surface area contributed by atoms with Crippen LogP contribution >= 0.6 is 0 Å². The molecule has 2 saturated heterocycles. The number of nitrogens with one attached hydrogen (secondary N) is 1. The number of nitrogens with zero attached hydrogens (tertiary/aromatic N) is 5. The second-order valence-corrected chi connectivity index (χ2v) is 6.62. The molecule has 24 heavy (non-hydrogen) atoms. The van der Waals surface area contributed by atoms with Crippen molar-refractivity contribution in [3.05, 3.63) is 29.6 Å². The minimum atomic E-state index is -0.195. The molecule has 2 aliphatic rings. The van der Waals surface area contributed by atoms with Crippen LogP contribution < -0.4 is 0 Å². The molecular weight excluding hydrogens is 308 g/mol. The predicted octanol–water partition coefficient (Wildman–Crippen LogP) is 1.17. The van der Waals surface area contributed by atoms with Crippen LogP contribution in [0.4, 0.5) is 0 Å².